The lowest BCUT2D eigenvalue weighted by molar-refractivity contribution is 0.0253. The predicted octanol–water partition coefficient (Wildman–Crippen LogP) is -0.565. The zero-order valence-corrected chi connectivity index (χ0v) is 9.94. The Morgan fingerprint density at radius 3 is 2.62 bits per heavy atom. The lowest BCUT2D eigenvalue weighted by atomic mass is 9.99. The zero-order chi connectivity index (χ0) is 12.1. The van der Waals surface area contributed by atoms with E-state index in [1.54, 1.807) is 5.01 Å². The highest BCUT2D eigenvalue weighted by Crippen LogP contribution is 2.18. The molecule has 0 aromatic heterocycles. The fourth-order valence-electron chi connectivity index (χ4n) is 1.66. The zero-order valence-electron chi connectivity index (χ0n) is 9.13. The van der Waals surface area contributed by atoms with Crippen molar-refractivity contribution in [3.05, 3.63) is 0 Å². The van der Waals surface area contributed by atoms with Crippen molar-refractivity contribution in [2.24, 2.45) is 11.7 Å². The van der Waals surface area contributed by atoms with E-state index in [9.17, 15) is 13.6 Å². The third-order valence-corrected chi connectivity index (χ3v) is 3.33. The largest absolute Gasteiger partial charge is 0.759 e. The van der Waals surface area contributed by atoms with Gasteiger partial charge in [0.1, 0.15) is 0 Å². The average molecular weight is 250 g/mol. The number of carbonyl (C=O) groups excluding carboxylic acids is 1. The number of rotatable bonds is 4. The predicted molar refractivity (Wildman–Crippen MR) is 56.5 cm³/mol. The van der Waals surface area contributed by atoms with Crippen LogP contribution in [0.25, 0.3) is 0 Å². The van der Waals surface area contributed by atoms with Crippen LogP contribution in [0.15, 0.2) is 0 Å². The van der Waals surface area contributed by atoms with E-state index in [0.29, 0.717) is 19.7 Å². The summed E-state index contributed by atoms with van der Waals surface area (Å²) >= 11 is -2.23. The van der Waals surface area contributed by atoms with Crippen molar-refractivity contribution in [1.29, 1.82) is 0 Å². The average Bonchev–Trinajstić information content (AvgIpc) is 2.26. The van der Waals surface area contributed by atoms with Crippen molar-refractivity contribution in [1.82, 2.24) is 9.42 Å². The second-order valence-electron chi connectivity index (χ2n) is 3.71. The Bertz CT molecular complexity index is 268. The summed E-state index contributed by atoms with van der Waals surface area (Å²) in [4.78, 5) is 10.4. The first-order valence-electron chi connectivity index (χ1n) is 5.01. The van der Waals surface area contributed by atoms with E-state index in [0.717, 1.165) is 12.8 Å². The molecule has 1 amide bonds. The first kappa shape index (κ1) is 13.4. The maximum absolute atomic E-state index is 10.7. The van der Waals surface area contributed by atoms with Crippen LogP contribution in [0.5, 0.6) is 0 Å². The van der Waals surface area contributed by atoms with Crippen LogP contribution >= 0.6 is 0 Å². The summed E-state index contributed by atoms with van der Waals surface area (Å²) in [6.45, 7) is 1.59. The molecule has 1 rings (SSSR count). The fraction of sp³-hybridized carbons (Fsp3) is 0.875. The molecule has 8 heteroatoms. The Balaban J connectivity index is 2.28. The van der Waals surface area contributed by atoms with Crippen molar-refractivity contribution < 1.29 is 18.3 Å². The third kappa shape index (κ3) is 4.05. The molecule has 0 aromatic carbocycles. The Labute approximate surface area is 96.9 Å². The number of hydrogen-bond donors (Lipinski definition) is 1. The number of nitrogens with zero attached hydrogens (tertiary/aromatic N) is 2. The van der Waals surface area contributed by atoms with Gasteiger partial charge in [0, 0.05) is 31.4 Å². The maximum Gasteiger partial charge on any atom is 0.404 e. The van der Waals surface area contributed by atoms with E-state index in [1.807, 2.05) is 0 Å². The molecule has 2 N–H and O–H groups in total. The fourth-order valence-corrected chi connectivity index (χ4v) is 2.01. The SMILES string of the molecule is CN(N1CCC(COC(N)=O)CC1)S(=O)[O-]. The van der Waals surface area contributed by atoms with Crippen molar-refractivity contribution in [2.75, 3.05) is 26.7 Å². The van der Waals surface area contributed by atoms with Gasteiger partial charge in [0.2, 0.25) is 0 Å². The second-order valence-corrected chi connectivity index (χ2v) is 4.67. The number of primary amides is 1. The van der Waals surface area contributed by atoms with Gasteiger partial charge in [-0.1, -0.05) is 0 Å². The Morgan fingerprint density at radius 1 is 1.62 bits per heavy atom. The smallest absolute Gasteiger partial charge is 0.404 e. The van der Waals surface area contributed by atoms with Crippen LogP contribution in [0.4, 0.5) is 4.79 Å². The topological polar surface area (TPSA) is 98.9 Å². The molecule has 1 atom stereocenters. The third-order valence-electron chi connectivity index (χ3n) is 2.67. The number of nitrogens with two attached hydrogens (primary N) is 1. The minimum absolute atomic E-state index is 0.261. The molecule has 1 fully saturated rings. The Morgan fingerprint density at radius 2 is 2.19 bits per heavy atom. The first-order valence-corrected chi connectivity index (χ1v) is 6.04. The van der Waals surface area contributed by atoms with Crippen LogP contribution in [-0.4, -0.2) is 51.0 Å². The van der Waals surface area contributed by atoms with Gasteiger partial charge in [0.25, 0.3) is 0 Å². The molecule has 16 heavy (non-hydrogen) atoms. The van der Waals surface area contributed by atoms with E-state index in [-0.39, 0.29) is 5.92 Å². The van der Waals surface area contributed by atoms with E-state index < -0.39 is 17.4 Å². The molecule has 7 nitrogen and oxygen atoms in total. The highest BCUT2D eigenvalue weighted by molar-refractivity contribution is 7.76. The number of carbonyl (C=O) groups is 1. The molecule has 0 radical (unpaired) electrons. The maximum atomic E-state index is 10.7. The molecular formula is C8H16N3O4S-. The van der Waals surface area contributed by atoms with E-state index in [4.69, 9.17) is 10.5 Å². The summed E-state index contributed by atoms with van der Waals surface area (Å²) in [5.74, 6) is 0.261. The highest BCUT2D eigenvalue weighted by atomic mass is 32.2. The van der Waals surface area contributed by atoms with Gasteiger partial charge in [0.05, 0.1) is 6.61 Å². The van der Waals surface area contributed by atoms with Gasteiger partial charge >= 0.3 is 6.09 Å². The molecule has 1 aliphatic heterocycles. The molecule has 0 bridgehead atoms. The van der Waals surface area contributed by atoms with Crippen LogP contribution in [0, 0.1) is 5.92 Å². The van der Waals surface area contributed by atoms with Gasteiger partial charge in [-0.3, -0.25) is 4.21 Å². The molecule has 0 spiro atoms. The number of amides is 1. The van der Waals surface area contributed by atoms with Crippen molar-refractivity contribution in [2.45, 2.75) is 12.8 Å². The van der Waals surface area contributed by atoms with E-state index in [2.05, 4.69) is 0 Å². The van der Waals surface area contributed by atoms with Crippen LogP contribution in [0.1, 0.15) is 12.8 Å². The number of hydrogen-bond acceptors (Lipinski definition) is 5. The molecule has 1 saturated heterocycles. The Hall–Kier alpha value is -0.700. The van der Waals surface area contributed by atoms with E-state index in [1.165, 1.54) is 11.5 Å². The molecule has 1 unspecified atom stereocenters. The lowest BCUT2D eigenvalue weighted by Gasteiger charge is -2.37. The first-order chi connectivity index (χ1) is 7.50. The number of piperidine rings is 1. The molecule has 1 aliphatic rings. The highest BCUT2D eigenvalue weighted by Gasteiger charge is 2.22. The molecule has 0 aliphatic carbocycles. The summed E-state index contributed by atoms with van der Waals surface area (Å²) < 4.78 is 27.3. The summed E-state index contributed by atoms with van der Waals surface area (Å²) in [6.07, 6.45) is 0.809. The van der Waals surface area contributed by atoms with E-state index >= 15 is 0 Å². The van der Waals surface area contributed by atoms with Crippen LogP contribution in [0.3, 0.4) is 0 Å². The normalized spacial score (nSPS) is 20.9. The standard InChI is InChI=1S/C8H17N3O4S/c1-10(16(13)14)11-4-2-7(3-5-11)6-15-8(9)12/h7H,2-6H2,1H3,(H2,9,12)(H,13,14)/p-1. The molecule has 0 aromatic rings. The van der Waals surface area contributed by atoms with Crippen molar-refractivity contribution in [3.63, 3.8) is 0 Å². The molecular weight excluding hydrogens is 234 g/mol. The van der Waals surface area contributed by atoms with Crippen LogP contribution in [-0.2, 0) is 16.0 Å². The molecule has 1 heterocycles. The van der Waals surface area contributed by atoms with Gasteiger partial charge in [-0.25, -0.2) is 9.80 Å². The summed E-state index contributed by atoms with van der Waals surface area (Å²) in [7, 11) is 1.50. The van der Waals surface area contributed by atoms with Gasteiger partial charge in [-0.05, 0) is 18.8 Å². The second kappa shape index (κ2) is 6.14. The quantitative estimate of drug-likeness (QED) is 0.674. The molecule has 0 saturated carbocycles. The number of hydrazine groups is 1. The van der Waals surface area contributed by atoms with Crippen LogP contribution < -0.4 is 5.73 Å². The Kier molecular flexibility index (Phi) is 5.13. The van der Waals surface area contributed by atoms with Crippen molar-refractivity contribution >= 4 is 17.4 Å². The van der Waals surface area contributed by atoms with Gasteiger partial charge < -0.3 is 15.0 Å². The van der Waals surface area contributed by atoms with Crippen molar-refractivity contribution in [3.8, 4) is 0 Å². The van der Waals surface area contributed by atoms with Crippen LogP contribution in [0.2, 0.25) is 0 Å². The minimum Gasteiger partial charge on any atom is -0.759 e. The van der Waals surface area contributed by atoms with Gasteiger partial charge in [0.15, 0.2) is 0 Å². The summed E-state index contributed by atoms with van der Waals surface area (Å²) in [5, 5.41) is 1.74. The summed E-state index contributed by atoms with van der Waals surface area (Å²) in [5.41, 5.74) is 4.86. The van der Waals surface area contributed by atoms with Gasteiger partial charge in [-0.2, -0.15) is 4.41 Å². The number of ether oxygens (including phenoxy) is 1. The molecule has 94 valence electrons. The van der Waals surface area contributed by atoms with Gasteiger partial charge in [-0.15, -0.1) is 0 Å². The lowest BCUT2D eigenvalue weighted by Crippen LogP contribution is -2.46. The minimum atomic E-state index is -2.23. The monoisotopic (exact) mass is 250 g/mol. The summed E-state index contributed by atoms with van der Waals surface area (Å²) in [6, 6.07) is 0.